The molecule has 0 spiro atoms. The van der Waals surface area contributed by atoms with Gasteiger partial charge >= 0.3 is 0 Å². The van der Waals surface area contributed by atoms with Crippen molar-refractivity contribution in [1.29, 1.82) is 0 Å². The third-order valence-corrected chi connectivity index (χ3v) is 9.19. The fourth-order valence-corrected chi connectivity index (χ4v) is 6.79. The Labute approximate surface area is 245 Å². The number of pyridine rings is 1. The van der Waals surface area contributed by atoms with Gasteiger partial charge in [-0.3, -0.25) is 9.48 Å². The van der Waals surface area contributed by atoms with Gasteiger partial charge in [0.2, 0.25) is 21.9 Å². The second-order valence-corrected chi connectivity index (χ2v) is 13.2. The van der Waals surface area contributed by atoms with E-state index in [0.717, 1.165) is 23.1 Å². The number of hydrogen-bond donors (Lipinski definition) is 0. The standard InChI is InChI=1S/C29H37FN6O5S/c1-21(2)16-26-29(37)34(19-25-20-35(33-32-25)11-10-28-40-13-3-14-41-28)12-15-42(38,39)36(26)18-22-4-6-23(7-5-22)24-8-9-27(30)31-17-24/h4-9,17,20-21,26,28H,3,10-16,18-19H2,1-2H3. The molecule has 3 aromatic rings. The average Bonchev–Trinajstić information content (AvgIpc) is 3.41. The van der Waals surface area contributed by atoms with Gasteiger partial charge in [0.1, 0.15) is 11.7 Å². The smallest absolute Gasteiger partial charge is 0.241 e. The molecule has 1 aromatic carbocycles. The number of carbonyl (C=O) groups is 1. The molecule has 42 heavy (non-hydrogen) atoms. The minimum atomic E-state index is -3.74. The number of rotatable bonds is 10. The molecule has 226 valence electrons. The molecule has 2 aliphatic heterocycles. The summed E-state index contributed by atoms with van der Waals surface area (Å²) in [7, 11) is -3.74. The Kier molecular flexibility index (Phi) is 9.61. The van der Waals surface area contributed by atoms with Crippen molar-refractivity contribution >= 4 is 15.9 Å². The van der Waals surface area contributed by atoms with Gasteiger partial charge in [0, 0.05) is 37.8 Å². The van der Waals surface area contributed by atoms with Gasteiger partial charge < -0.3 is 14.4 Å². The Hall–Kier alpha value is -3.26. The van der Waals surface area contributed by atoms with Crippen LogP contribution in [0.15, 0.2) is 48.8 Å². The summed E-state index contributed by atoms with van der Waals surface area (Å²) in [5, 5.41) is 8.42. The summed E-state index contributed by atoms with van der Waals surface area (Å²) in [5.41, 5.74) is 2.93. The van der Waals surface area contributed by atoms with Crippen molar-refractivity contribution in [3.05, 3.63) is 66.0 Å². The lowest BCUT2D eigenvalue weighted by Gasteiger charge is -2.30. The number of aromatic nitrogens is 4. The summed E-state index contributed by atoms with van der Waals surface area (Å²) in [6.07, 6.45) is 4.89. The Morgan fingerprint density at radius 3 is 2.48 bits per heavy atom. The Balaban J connectivity index is 1.29. The number of sulfonamides is 1. The van der Waals surface area contributed by atoms with Gasteiger partial charge in [0.15, 0.2) is 6.29 Å². The molecule has 2 aliphatic rings. The van der Waals surface area contributed by atoms with Crippen LogP contribution in [0.5, 0.6) is 0 Å². The van der Waals surface area contributed by atoms with Crippen molar-refractivity contribution in [2.75, 3.05) is 25.5 Å². The predicted molar refractivity (Wildman–Crippen MR) is 153 cm³/mol. The fraction of sp³-hybridized carbons (Fsp3) is 0.517. The number of ether oxygens (including phenoxy) is 2. The molecule has 1 unspecified atom stereocenters. The third kappa shape index (κ3) is 7.57. The molecular weight excluding hydrogens is 563 g/mol. The van der Waals surface area contributed by atoms with Crippen molar-refractivity contribution in [2.45, 2.75) is 65.1 Å². The summed E-state index contributed by atoms with van der Waals surface area (Å²) in [6, 6.07) is 9.44. The van der Waals surface area contributed by atoms with Gasteiger partial charge in [0.05, 0.1) is 31.7 Å². The number of carbonyl (C=O) groups excluding carboxylic acids is 1. The van der Waals surface area contributed by atoms with Gasteiger partial charge in [-0.15, -0.1) is 5.10 Å². The van der Waals surface area contributed by atoms with Gasteiger partial charge in [-0.1, -0.05) is 43.3 Å². The minimum Gasteiger partial charge on any atom is -0.353 e. The van der Waals surface area contributed by atoms with Crippen LogP contribution in [0.2, 0.25) is 0 Å². The summed E-state index contributed by atoms with van der Waals surface area (Å²) in [5.74, 6) is -0.884. The lowest BCUT2D eigenvalue weighted by molar-refractivity contribution is -0.182. The zero-order valence-electron chi connectivity index (χ0n) is 23.9. The first-order valence-electron chi connectivity index (χ1n) is 14.3. The van der Waals surface area contributed by atoms with Crippen LogP contribution in [0.3, 0.4) is 0 Å². The van der Waals surface area contributed by atoms with E-state index in [1.165, 1.54) is 16.6 Å². The molecule has 0 aliphatic carbocycles. The molecule has 13 heteroatoms. The van der Waals surface area contributed by atoms with Crippen molar-refractivity contribution in [1.82, 2.24) is 29.2 Å². The van der Waals surface area contributed by atoms with E-state index in [1.807, 2.05) is 38.1 Å². The van der Waals surface area contributed by atoms with Gasteiger partial charge in [-0.2, -0.15) is 8.70 Å². The Morgan fingerprint density at radius 2 is 1.79 bits per heavy atom. The molecular formula is C29H37FN6O5S. The van der Waals surface area contributed by atoms with Crippen LogP contribution in [0, 0.1) is 11.9 Å². The molecule has 0 radical (unpaired) electrons. The normalized spacial score (nSPS) is 20.2. The van der Waals surface area contributed by atoms with Gasteiger partial charge in [-0.05, 0) is 42.0 Å². The van der Waals surface area contributed by atoms with E-state index < -0.39 is 22.0 Å². The van der Waals surface area contributed by atoms with Crippen LogP contribution >= 0.6 is 0 Å². The van der Waals surface area contributed by atoms with Gasteiger partial charge in [-0.25, -0.2) is 13.4 Å². The quantitative estimate of drug-likeness (QED) is 0.326. The number of halogens is 1. The number of amides is 1. The van der Waals surface area contributed by atoms with E-state index >= 15 is 0 Å². The van der Waals surface area contributed by atoms with Crippen LogP contribution in [-0.4, -0.2) is 81.4 Å². The van der Waals surface area contributed by atoms with Crippen LogP contribution in [0.4, 0.5) is 4.39 Å². The van der Waals surface area contributed by atoms with Crippen LogP contribution in [0.25, 0.3) is 11.1 Å². The zero-order chi connectivity index (χ0) is 29.7. The first-order chi connectivity index (χ1) is 20.2. The maximum absolute atomic E-state index is 13.9. The lowest BCUT2D eigenvalue weighted by Crippen LogP contribution is -2.47. The van der Waals surface area contributed by atoms with E-state index in [9.17, 15) is 17.6 Å². The molecule has 5 rings (SSSR count). The summed E-state index contributed by atoms with van der Waals surface area (Å²) >= 11 is 0. The molecule has 0 N–H and O–H groups in total. The van der Waals surface area contributed by atoms with Gasteiger partial charge in [0.25, 0.3) is 0 Å². The van der Waals surface area contributed by atoms with Crippen molar-refractivity contribution in [3.63, 3.8) is 0 Å². The predicted octanol–water partition coefficient (Wildman–Crippen LogP) is 3.22. The second-order valence-electron chi connectivity index (χ2n) is 11.1. The van der Waals surface area contributed by atoms with Crippen LogP contribution < -0.4 is 0 Å². The van der Waals surface area contributed by atoms with Crippen molar-refractivity contribution in [2.24, 2.45) is 5.92 Å². The molecule has 0 saturated carbocycles. The number of nitrogens with zero attached hydrogens (tertiary/aromatic N) is 6. The van der Waals surface area contributed by atoms with E-state index in [2.05, 4.69) is 15.3 Å². The highest BCUT2D eigenvalue weighted by atomic mass is 32.2. The third-order valence-electron chi connectivity index (χ3n) is 7.40. The summed E-state index contributed by atoms with van der Waals surface area (Å²) in [4.78, 5) is 19.2. The zero-order valence-corrected chi connectivity index (χ0v) is 24.7. The second kappa shape index (κ2) is 13.4. The van der Waals surface area contributed by atoms with E-state index in [4.69, 9.17) is 9.47 Å². The maximum Gasteiger partial charge on any atom is 0.241 e. The average molecular weight is 601 g/mol. The van der Waals surface area contributed by atoms with Crippen molar-refractivity contribution in [3.8, 4) is 11.1 Å². The van der Waals surface area contributed by atoms with Crippen LogP contribution in [-0.2, 0) is 43.9 Å². The molecule has 1 amide bonds. The van der Waals surface area contributed by atoms with E-state index in [0.29, 0.717) is 38.3 Å². The van der Waals surface area contributed by atoms with E-state index in [1.54, 1.807) is 21.8 Å². The number of hydrogen-bond acceptors (Lipinski definition) is 8. The monoisotopic (exact) mass is 600 g/mol. The molecule has 2 saturated heterocycles. The highest BCUT2D eigenvalue weighted by Crippen LogP contribution is 2.26. The highest BCUT2D eigenvalue weighted by molar-refractivity contribution is 7.89. The fourth-order valence-electron chi connectivity index (χ4n) is 5.20. The first-order valence-corrected chi connectivity index (χ1v) is 15.9. The van der Waals surface area contributed by atoms with Crippen LogP contribution in [0.1, 0.15) is 44.4 Å². The number of benzene rings is 1. The maximum atomic E-state index is 13.9. The summed E-state index contributed by atoms with van der Waals surface area (Å²) in [6.45, 7) is 6.19. The largest absolute Gasteiger partial charge is 0.353 e. The molecule has 2 fully saturated rings. The molecule has 0 bridgehead atoms. The molecule has 2 aromatic heterocycles. The molecule has 4 heterocycles. The van der Waals surface area contributed by atoms with E-state index in [-0.39, 0.29) is 43.5 Å². The number of aryl methyl sites for hydroxylation is 1. The molecule has 1 atom stereocenters. The first kappa shape index (κ1) is 30.2. The minimum absolute atomic E-state index is 0.0688. The Bertz CT molecular complexity index is 1440. The Morgan fingerprint density at radius 1 is 1.05 bits per heavy atom. The lowest BCUT2D eigenvalue weighted by atomic mass is 10.0. The molecule has 11 nitrogen and oxygen atoms in total. The topological polar surface area (TPSA) is 120 Å². The SMILES string of the molecule is CC(C)CC1C(=O)N(Cc2cn(CCC3OCCCO3)nn2)CCS(=O)(=O)N1Cc1ccc(-c2ccc(F)nc2)cc1. The summed E-state index contributed by atoms with van der Waals surface area (Å²) < 4.78 is 54.5. The highest BCUT2D eigenvalue weighted by Gasteiger charge is 2.41. The van der Waals surface area contributed by atoms with Crippen molar-refractivity contribution < 1.29 is 27.1 Å².